The zero-order valence-electron chi connectivity index (χ0n) is 16.1. The molecular weight excluding hydrogens is 336 g/mol. The van der Waals surface area contributed by atoms with Gasteiger partial charge in [0.05, 0.1) is 7.11 Å². The summed E-state index contributed by atoms with van der Waals surface area (Å²) >= 11 is 0. The monoisotopic (exact) mass is 366 g/mol. The number of ether oxygens (including phenoxy) is 1. The molecule has 0 amide bonds. The van der Waals surface area contributed by atoms with Crippen LogP contribution in [0.15, 0.2) is 60.7 Å². The van der Waals surface area contributed by atoms with E-state index in [4.69, 9.17) is 4.74 Å². The van der Waals surface area contributed by atoms with Crippen LogP contribution in [0.5, 0.6) is 5.75 Å². The summed E-state index contributed by atoms with van der Waals surface area (Å²) in [7, 11) is 1.69. The van der Waals surface area contributed by atoms with E-state index >= 15 is 0 Å². The van der Waals surface area contributed by atoms with Crippen LogP contribution in [0.2, 0.25) is 0 Å². The van der Waals surface area contributed by atoms with Crippen molar-refractivity contribution in [3.8, 4) is 5.75 Å². The number of rotatable bonds is 8. The Morgan fingerprint density at radius 3 is 2.56 bits per heavy atom. The lowest BCUT2D eigenvalue weighted by atomic mass is 10.1. The third-order valence-electron chi connectivity index (χ3n) is 5.17. The normalized spacial score (nSPS) is 18.8. The molecule has 0 bridgehead atoms. The van der Waals surface area contributed by atoms with Crippen molar-refractivity contribution >= 4 is 6.08 Å². The van der Waals surface area contributed by atoms with Gasteiger partial charge in [-0.2, -0.15) is 0 Å². The quantitative estimate of drug-likeness (QED) is 0.778. The highest BCUT2D eigenvalue weighted by molar-refractivity contribution is 5.50. The standard InChI is InChI=1S/C23H30N2O2/c1-27-23-11-9-20(10-12-23)8-5-14-24-15-16-25(22(19-24)13-17-26)18-21-6-3-2-4-7-21/h2-12,22,26H,13-19H2,1H3/b8-5+/t22-/m0/s1. The number of methoxy groups -OCH3 is 1. The molecule has 0 radical (unpaired) electrons. The summed E-state index contributed by atoms with van der Waals surface area (Å²) in [6, 6.07) is 19.1. The number of aliphatic hydroxyl groups excluding tert-OH is 1. The Morgan fingerprint density at radius 2 is 1.85 bits per heavy atom. The van der Waals surface area contributed by atoms with Gasteiger partial charge >= 0.3 is 0 Å². The predicted molar refractivity (Wildman–Crippen MR) is 111 cm³/mol. The number of nitrogens with zero attached hydrogens (tertiary/aromatic N) is 2. The van der Waals surface area contributed by atoms with Crippen LogP contribution in [0.4, 0.5) is 0 Å². The topological polar surface area (TPSA) is 35.9 Å². The first-order valence-electron chi connectivity index (χ1n) is 9.70. The molecule has 0 unspecified atom stereocenters. The predicted octanol–water partition coefficient (Wildman–Crippen LogP) is 3.28. The van der Waals surface area contributed by atoms with E-state index in [0.717, 1.165) is 44.9 Å². The largest absolute Gasteiger partial charge is 0.497 e. The van der Waals surface area contributed by atoms with Crippen molar-refractivity contribution in [2.75, 3.05) is 39.9 Å². The Balaban J connectivity index is 1.53. The highest BCUT2D eigenvalue weighted by Gasteiger charge is 2.25. The van der Waals surface area contributed by atoms with Crippen LogP contribution in [0.25, 0.3) is 6.08 Å². The molecule has 3 rings (SSSR count). The van der Waals surface area contributed by atoms with Crippen molar-refractivity contribution in [1.82, 2.24) is 9.80 Å². The van der Waals surface area contributed by atoms with Gasteiger partial charge in [0.2, 0.25) is 0 Å². The number of benzene rings is 2. The van der Waals surface area contributed by atoms with E-state index in [9.17, 15) is 5.11 Å². The first-order chi connectivity index (χ1) is 13.3. The van der Waals surface area contributed by atoms with Crippen LogP contribution in [0, 0.1) is 0 Å². The average molecular weight is 367 g/mol. The van der Waals surface area contributed by atoms with Gasteiger partial charge < -0.3 is 9.84 Å². The Morgan fingerprint density at radius 1 is 1.07 bits per heavy atom. The summed E-state index contributed by atoms with van der Waals surface area (Å²) in [6.45, 7) is 5.23. The van der Waals surface area contributed by atoms with Crippen LogP contribution in [-0.4, -0.2) is 60.8 Å². The lowest BCUT2D eigenvalue weighted by Gasteiger charge is -2.41. The summed E-state index contributed by atoms with van der Waals surface area (Å²) in [5, 5.41) is 9.49. The van der Waals surface area contributed by atoms with Crippen molar-refractivity contribution in [3.05, 3.63) is 71.8 Å². The molecule has 1 heterocycles. The van der Waals surface area contributed by atoms with E-state index in [1.165, 1.54) is 11.1 Å². The number of piperazine rings is 1. The summed E-state index contributed by atoms with van der Waals surface area (Å²) in [5.74, 6) is 0.883. The van der Waals surface area contributed by atoms with E-state index in [2.05, 4.69) is 64.4 Å². The maximum absolute atomic E-state index is 9.49. The molecule has 0 saturated carbocycles. The molecule has 144 valence electrons. The van der Waals surface area contributed by atoms with Gasteiger partial charge in [-0.3, -0.25) is 9.80 Å². The third-order valence-corrected chi connectivity index (χ3v) is 5.17. The smallest absolute Gasteiger partial charge is 0.118 e. The first-order valence-corrected chi connectivity index (χ1v) is 9.70. The highest BCUT2D eigenvalue weighted by atomic mass is 16.5. The molecule has 0 spiro atoms. The van der Waals surface area contributed by atoms with Crippen LogP contribution in [0.1, 0.15) is 17.5 Å². The molecule has 4 heteroatoms. The van der Waals surface area contributed by atoms with Crippen molar-refractivity contribution in [3.63, 3.8) is 0 Å². The van der Waals surface area contributed by atoms with Gasteiger partial charge in [-0.25, -0.2) is 0 Å². The van der Waals surface area contributed by atoms with E-state index in [1.54, 1.807) is 7.11 Å². The van der Waals surface area contributed by atoms with E-state index in [0.29, 0.717) is 6.04 Å². The van der Waals surface area contributed by atoms with Crippen molar-refractivity contribution in [1.29, 1.82) is 0 Å². The third kappa shape index (κ3) is 5.93. The lowest BCUT2D eigenvalue weighted by molar-refractivity contribution is 0.0597. The first kappa shape index (κ1) is 19.6. The van der Waals surface area contributed by atoms with Crippen LogP contribution < -0.4 is 4.74 Å². The lowest BCUT2D eigenvalue weighted by Crippen LogP contribution is -2.52. The molecule has 1 aliphatic heterocycles. The average Bonchev–Trinajstić information content (AvgIpc) is 2.71. The SMILES string of the molecule is COc1ccc(/C=C/CN2CCN(Cc3ccccc3)[C@@H](CCO)C2)cc1. The van der Waals surface area contributed by atoms with E-state index < -0.39 is 0 Å². The second kappa shape index (κ2) is 10.3. The minimum Gasteiger partial charge on any atom is -0.497 e. The van der Waals surface area contributed by atoms with Crippen LogP contribution in [-0.2, 0) is 6.54 Å². The Bertz CT molecular complexity index is 700. The maximum atomic E-state index is 9.49. The number of aliphatic hydroxyl groups is 1. The second-order valence-corrected chi connectivity index (χ2v) is 7.06. The summed E-state index contributed by atoms with van der Waals surface area (Å²) in [4.78, 5) is 4.98. The molecular formula is C23H30N2O2. The van der Waals surface area contributed by atoms with Gasteiger partial charge in [-0.1, -0.05) is 54.6 Å². The molecule has 1 atom stereocenters. The molecule has 0 aromatic heterocycles. The summed E-state index contributed by atoms with van der Waals surface area (Å²) in [5.41, 5.74) is 2.53. The van der Waals surface area contributed by atoms with Gasteiger partial charge in [0.15, 0.2) is 0 Å². The molecule has 27 heavy (non-hydrogen) atoms. The highest BCUT2D eigenvalue weighted by Crippen LogP contribution is 2.17. The van der Waals surface area contributed by atoms with Crippen molar-refractivity contribution < 1.29 is 9.84 Å². The zero-order chi connectivity index (χ0) is 18.9. The minimum absolute atomic E-state index is 0.242. The molecule has 0 aliphatic carbocycles. The van der Waals surface area contributed by atoms with Crippen LogP contribution >= 0.6 is 0 Å². The van der Waals surface area contributed by atoms with Gasteiger partial charge in [0.25, 0.3) is 0 Å². The fourth-order valence-corrected chi connectivity index (χ4v) is 3.62. The zero-order valence-corrected chi connectivity index (χ0v) is 16.1. The fraction of sp³-hybridized carbons (Fsp3) is 0.391. The van der Waals surface area contributed by atoms with Crippen molar-refractivity contribution in [2.24, 2.45) is 0 Å². The maximum Gasteiger partial charge on any atom is 0.118 e. The number of hydrogen-bond acceptors (Lipinski definition) is 4. The van der Waals surface area contributed by atoms with E-state index in [1.807, 2.05) is 12.1 Å². The molecule has 1 aliphatic rings. The van der Waals surface area contributed by atoms with Gasteiger partial charge in [-0.15, -0.1) is 0 Å². The molecule has 1 fully saturated rings. The Hall–Kier alpha value is -2.14. The molecule has 4 nitrogen and oxygen atoms in total. The van der Waals surface area contributed by atoms with Gasteiger partial charge in [0, 0.05) is 45.4 Å². The number of hydrogen-bond donors (Lipinski definition) is 1. The Labute approximate surface area is 162 Å². The summed E-state index contributed by atoms with van der Waals surface area (Å²) in [6.07, 6.45) is 5.22. The molecule has 2 aromatic rings. The summed E-state index contributed by atoms with van der Waals surface area (Å²) < 4.78 is 5.20. The second-order valence-electron chi connectivity index (χ2n) is 7.06. The van der Waals surface area contributed by atoms with Crippen LogP contribution in [0.3, 0.4) is 0 Å². The molecule has 1 saturated heterocycles. The van der Waals surface area contributed by atoms with E-state index in [-0.39, 0.29) is 6.61 Å². The Kier molecular flexibility index (Phi) is 7.45. The fourth-order valence-electron chi connectivity index (χ4n) is 3.62. The van der Waals surface area contributed by atoms with Gasteiger partial charge in [0.1, 0.15) is 5.75 Å². The minimum atomic E-state index is 0.242. The van der Waals surface area contributed by atoms with Crippen molar-refractivity contribution in [2.45, 2.75) is 19.0 Å². The molecule has 1 N–H and O–H groups in total. The van der Waals surface area contributed by atoms with Gasteiger partial charge in [-0.05, 0) is 29.7 Å². The molecule has 2 aromatic carbocycles.